The molecule has 0 aliphatic heterocycles. The third-order valence-electron chi connectivity index (χ3n) is 3.55. The van der Waals surface area contributed by atoms with Crippen molar-refractivity contribution in [3.63, 3.8) is 0 Å². The minimum atomic E-state index is -0.463. The van der Waals surface area contributed by atoms with Crippen LogP contribution in [-0.4, -0.2) is 27.5 Å². The van der Waals surface area contributed by atoms with E-state index in [9.17, 15) is 9.90 Å². The second kappa shape index (κ2) is 7.43. The minimum Gasteiger partial charge on any atom is -0.394 e. The van der Waals surface area contributed by atoms with Crippen molar-refractivity contribution in [1.29, 1.82) is 0 Å². The third kappa shape index (κ3) is 3.80. The number of aromatic nitrogens is 2. The Morgan fingerprint density at radius 3 is 2.42 bits per heavy atom. The number of aliphatic hydroxyl groups excluding tert-OH is 1. The predicted molar refractivity (Wildman–Crippen MR) is 92.0 cm³/mol. The molecule has 122 valence electrons. The van der Waals surface area contributed by atoms with Crippen molar-refractivity contribution in [1.82, 2.24) is 15.1 Å². The SMILES string of the molecule is O=C(Nc1cnn(-c2ccccc2)c1)N[C@H](CO)c1ccccc1. The van der Waals surface area contributed by atoms with E-state index in [4.69, 9.17) is 0 Å². The molecule has 0 saturated heterocycles. The Bertz CT molecular complexity index is 787. The van der Waals surface area contributed by atoms with Gasteiger partial charge in [-0.2, -0.15) is 5.10 Å². The van der Waals surface area contributed by atoms with Gasteiger partial charge in [0.2, 0.25) is 0 Å². The highest BCUT2D eigenvalue weighted by molar-refractivity contribution is 5.89. The maximum absolute atomic E-state index is 12.1. The van der Waals surface area contributed by atoms with Gasteiger partial charge >= 0.3 is 6.03 Å². The van der Waals surface area contributed by atoms with Crippen molar-refractivity contribution in [3.05, 3.63) is 78.6 Å². The van der Waals surface area contributed by atoms with Crippen LogP contribution in [0.1, 0.15) is 11.6 Å². The Hall–Kier alpha value is -3.12. The summed E-state index contributed by atoms with van der Waals surface area (Å²) in [6.45, 7) is -0.180. The summed E-state index contributed by atoms with van der Waals surface area (Å²) in [4.78, 5) is 12.1. The van der Waals surface area contributed by atoms with Crippen LogP contribution >= 0.6 is 0 Å². The average Bonchev–Trinajstić information content (AvgIpc) is 3.09. The fourth-order valence-electron chi connectivity index (χ4n) is 2.35. The van der Waals surface area contributed by atoms with Gasteiger partial charge in [0.1, 0.15) is 0 Å². The van der Waals surface area contributed by atoms with Crippen LogP contribution in [0.15, 0.2) is 73.1 Å². The highest BCUT2D eigenvalue weighted by atomic mass is 16.3. The Kier molecular flexibility index (Phi) is 4.88. The highest BCUT2D eigenvalue weighted by Crippen LogP contribution is 2.14. The lowest BCUT2D eigenvalue weighted by molar-refractivity contribution is 0.225. The number of benzene rings is 2. The van der Waals surface area contributed by atoms with Gasteiger partial charge in [-0.05, 0) is 17.7 Å². The van der Waals surface area contributed by atoms with Gasteiger partial charge in [0, 0.05) is 0 Å². The number of aliphatic hydroxyl groups is 1. The van der Waals surface area contributed by atoms with E-state index in [-0.39, 0.29) is 6.61 Å². The van der Waals surface area contributed by atoms with Gasteiger partial charge in [0.15, 0.2) is 0 Å². The summed E-state index contributed by atoms with van der Waals surface area (Å²) in [5.74, 6) is 0. The molecule has 0 radical (unpaired) electrons. The largest absolute Gasteiger partial charge is 0.394 e. The van der Waals surface area contributed by atoms with E-state index in [0.717, 1.165) is 11.3 Å². The molecule has 2 aromatic carbocycles. The quantitative estimate of drug-likeness (QED) is 0.676. The monoisotopic (exact) mass is 322 g/mol. The number of carbonyl (C=O) groups excluding carboxylic acids is 1. The van der Waals surface area contributed by atoms with E-state index in [2.05, 4.69) is 15.7 Å². The first-order valence-electron chi connectivity index (χ1n) is 7.59. The molecule has 3 N–H and O–H groups in total. The number of carbonyl (C=O) groups is 1. The Balaban J connectivity index is 1.64. The Morgan fingerprint density at radius 1 is 1.08 bits per heavy atom. The molecular formula is C18H18N4O2. The van der Waals surface area contributed by atoms with Crippen LogP contribution in [0.5, 0.6) is 0 Å². The van der Waals surface area contributed by atoms with E-state index in [0.29, 0.717) is 5.69 Å². The van der Waals surface area contributed by atoms with Crippen molar-refractivity contribution in [2.45, 2.75) is 6.04 Å². The van der Waals surface area contributed by atoms with Gasteiger partial charge < -0.3 is 15.7 Å². The standard InChI is InChI=1S/C18H18N4O2/c23-13-17(14-7-3-1-4-8-14)21-18(24)20-15-11-19-22(12-15)16-9-5-2-6-10-16/h1-12,17,23H,13H2,(H2,20,21,24)/t17-/m1/s1. The van der Waals surface area contributed by atoms with Crippen LogP contribution in [-0.2, 0) is 0 Å². The lowest BCUT2D eigenvalue weighted by Gasteiger charge is -2.16. The minimum absolute atomic E-state index is 0.180. The Labute approximate surface area is 139 Å². The molecule has 6 nitrogen and oxygen atoms in total. The first kappa shape index (κ1) is 15.8. The summed E-state index contributed by atoms with van der Waals surface area (Å²) in [6.07, 6.45) is 3.30. The maximum atomic E-state index is 12.1. The van der Waals surface area contributed by atoms with Gasteiger partial charge in [-0.3, -0.25) is 0 Å². The molecule has 0 saturated carbocycles. The number of nitrogens with one attached hydrogen (secondary N) is 2. The number of amides is 2. The van der Waals surface area contributed by atoms with Gasteiger partial charge in [-0.1, -0.05) is 48.5 Å². The van der Waals surface area contributed by atoms with Gasteiger partial charge in [0.25, 0.3) is 0 Å². The molecule has 24 heavy (non-hydrogen) atoms. The summed E-state index contributed by atoms with van der Waals surface area (Å²) >= 11 is 0. The topological polar surface area (TPSA) is 79.2 Å². The van der Waals surface area contributed by atoms with Crippen molar-refractivity contribution in [3.8, 4) is 5.69 Å². The molecule has 1 heterocycles. The van der Waals surface area contributed by atoms with Crippen LogP contribution in [0.25, 0.3) is 5.69 Å². The van der Waals surface area contributed by atoms with Gasteiger partial charge in [-0.25, -0.2) is 9.48 Å². The molecule has 2 amide bonds. The van der Waals surface area contributed by atoms with E-state index in [1.54, 1.807) is 17.1 Å². The lowest BCUT2D eigenvalue weighted by atomic mass is 10.1. The molecule has 0 bridgehead atoms. The number of rotatable bonds is 5. The number of hydrogen-bond acceptors (Lipinski definition) is 3. The smallest absolute Gasteiger partial charge is 0.319 e. The second-order valence-electron chi connectivity index (χ2n) is 5.25. The van der Waals surface area contributed by atoms with E-state index < -0.39 is 12.1 Å². The molecule has 0 unspecified atom stereocenters. The number of urea groups is 1. The van der Waals surface area contributed by atoms with Crippen molar-refractivity contribution < 1.29 is 9.90 Å². The van der Waals surface area contributed by atoms with Crippen LogP contribution in [0.2, 0.25) is 0 Å². The molecule has 6 heteroatoms. The highest BCUT2D eigenvalue weighted by Gasteiger charge is 2.13. The molecule has 1 atom stereocenters. The van der Waals surface area contributed by atoms with Gasteiger partial charge in [-0.15, -0.1) is 0 Å². The fraction of sp³-hybridized carbons (Fsp3) is 0.111. The molecule has 1 aromatic heterocycles. The lowest BCUT2D eigenvalue weighted by Crippen LogP contribution is -2.34. The normalized spacial score (nSPS) is 11.7. The van der Waals surface area contributed by atoms with Crippen molar-refractivity contribution in [2.75, 3.05) is 11.9 Å². The zero-order chi connectivity index (χ0) is 16.8. The molecule has 0 aliphatic rings. The summed E-state index contributed by atoms with van der Waals surface area (Å²) in [7, 11) is 0. The zero-order valence-electron chi connectivity index (χ0n) is 13.0. The summed E-state index contributed by atoms with van der Waals surface area (Å²) in [6, 6.07) is 18.1. The molecule has 3 rings (SSSR count). The van der Waals surface area contributed by atoms with Crippen molar-refractivity contribution in [2.24, 2.45) is 0 Å². The summed E-state index contributed by atoms with van der Waals surface area (Å²) < 4.78 is 1.68. The molecule has 0 spiro atoms. The molecule has 0 aliphatic carbocycles. The van der Waals surface area contributed by atoms with Crippen LogP contribution in [0, 0.1) is 0 Å². The molecule has 0 fully saturated rings. The number of nitrogens with zero attached hydrogens (tertiary/aromatic N) is 2. The second-order valence-corrected chi connectivity index (χ2v) is 5.25. The van der Waals surface area contributed by atoms with Crippen LogP contribution in [0.4, 0.5) is 10.5 Å². The maximum Gasteiger partial charge on any atom is 0.319 e. The Morgan fingerprint density at radius 2 is 1.75 bits per heavy atom. The van der Waals surface area contributed by atoms with Crippen LogP contribution in [0.3, 0.4) is 0 Å². The van der Waals surface area contributed by atoms with E-state index >= 15 is 0 Å². The number of hydrogen-bond donors (Lipinski definition) is 3. The van der Waals surface area contributed by atoms with Crippen molar-refractivity contribution >= 4 is 11.7 Å². The summed E-state index contributed by atoms with van der Waals surface area (Å²) in [5, 5.41) is 19.2. The van der Waals surface area contributed by atoms with Crippen LogP contribution < -0.4 is 10.6 Å². The van der Waals surface area contributed by atoms with E-state index in [1.165, 1.54) is 0 Å². The van der Waals surface area contributed by atoms with Gasteiger partial charge in [0.05, 0.1) is 36.4 Å². The first-order chi connectivity index (χ1) is 11.8. The number of anilines is 1. The summed E-state index contributed by atoms with van der Waals surface area (Å²) in [5.41, 5.74) is 2.32. The first-order valence-corrected chi connectivity index (χ1v) is 7.59. The van der Waals surface area contributed by atoms with E-state index in [1.807, 2.05) is 60.7 Å². The fourth-order valence-corrected chi connectivity index (χ4v) is 2.35. The predicted octanol–water partition coefficient (Wildman–Crippen LogP) is 2.73. The molecule has 3 aromatic rings. The number of para-hydroxylation sites is 1. The zero-order valence-corrected chi connectivity index (χ0v) is 13.0. The third-order valence-corrected chi connectivity index (χ3v) is 3.55. The average molecular weight is 322 g/mol. The molecular weight excluding hydrogens is 304 g/mol.